The highest BCUT2D eigenvalue weighted by atomic mass is 79.9. The van der Waals surface area contributed by atoms with Gasteiger partial charge in [-0.3, -0.25) is 4.79 Å². The number of pyridine rings is 1. The predicted molar refractivity (Wildman–Crippen MR) is 119 cm³/mol. The molecule has 0 aliphatic carbocycles. The summed E-state index contributed by atoms with van der Waals surface area (Å²) in [6.45, 7) is 2.06. The quantitative estimate of drug-likeness (QED) is 0.437. The van der Waals surface area contributed by atoms with Gasteiger partial charge in [-0.05, 0) is 46.6 Å². The molecule has 0 saturated carbocycles. The van der Waals surface area contributed by atoms with Crippen molar-refractivity contribution in [3.05, 3.63) is 67.5 Å². The second kappa shape index (κ2) is 9.34. The van der Waals surface area contributed by atoms with Crippen LogP contribution in [0.15, 0.2) is 41.1 Å². The lowest BCUT2D eigenvalue weighted by molar-refractivity contribution is 0.0697. The average Bonchev–Trinajstić information content (AvgIpc) is 3.07. The Morgan fingerprint density at radius 3 is 2.57 bits per heavy atom. The highest BCUT2D eigenvalue weighted by Gasteiger charge is 2.29. The minimum absolute atomic E-state index is 0.0442. The smallest absolute Gasteiger partial charge is 0.337 e. The van der Waals surface area contributed by atoms with E-state index < -0.39 is 11.9 Å². The number of anilines is 1. The number of rotatable bonds is 6. The third-order valence-corrected chi connectivity index (χ3v) is 5.25. The number of carbonyl (C=O) groups is 2. The zero-order valence-corrected chi connectivity index (χ0v) is 19.3. The Kier molecular flexibility index (Phi) is 7.02. The van der Waals surface area contributed by atoms with Gasteiger partial charge < -0.3 is 10.0 Å². The summed E-state index contributed by atoms with van der Waals surface area (Å²) < 4.78 is 1.67. The molecule has 3 rings (SSSR count). The maximum absolute atomic E-state index is 13.6. The number of hydrogen-bond acceptors (Lipinski definition) is 4. The molecule has 0 fully saturated rings. The molecule has 2 heterocycles. The maximum Gasteiger partial charge on any atom is 0.337 e. The molecule has 11 heteroatoms. The van der Waals surface area contributed by atoms with Gasteiger partial charge in [-0.15, -0.1) is 0 Å². The van der Waals surface area contributed by atoms with Crippen LogP contribution in [0.4, 0.5) is 5.69 Å². The number of nitrogens with zero attached hydrogens (tertiary/aromatic N) is 4. The van der Waals surface area contributed by atoms with Gasteiger partial charge in [-0.2, -0.15) is 5.10 Å². The Balaban J connectivity index is 2.19. The summed E-state index contributed by atoms with van der Waals surface area (Å²) in [6, 6.07) is 7.42. The zero-order chi connectivity index (χ0) is 22.0. The summed E-state index contributed by atoms with van der Waals surface area (Å²) in [7, 11) is 0. The van der Waals surface area contributed by atoms with E-state index in [1.807, 2.05) is 6.92 Å². The summed E-state index contributed by atoms with van der Waals surface area (Å²) in [6.07, 6.45) is 2.07. The molecule has 30 heavy (non-hydrogen) atoms. The highest BCUT2D eigenvalue weighted by Crippen LogP contribution is 2.35. The van der Waals surface area contributed by atoms with Crippen LogP contribution in [-0.4, -0.2) is 38.3 Å². The van der Waals surface area contributed by atoms with E-state index in [2.05, 4.69) is 26.0 Å². The molecule has 0 saturated heterocycles. The fourth-order valence-corrected chi connectivity index (χ4v) is 4.05. The summed E-state index contributed by atoms with van der Waals surface area (Å²) >= 11 is 21.8. The molecule has 1 aromatic carbocycles. The van der Waals surface area contributed by atoms with E-state index in [-0.39, 0.29) is 39.4 Å². The molecule has 0 aliphatic heterocycles. The number of aromatic nitrogens is 3. The minimum atomic E-state index is -1.26. The number of hydrogen-bond donors (Lipinski definition) is 1. The number of benzene rings is 1. The van der Waals surface area contributed by atoms with Crippen LogP contribution in [0.5, 0.6) is 0 Å². The van der Waals surface area contributed by atoms with Crippen molar-refractivity contribution < 1.29 is 14.7 Å². The van der Waals surface area contributed by atoms with Crippen LogP contribution in [0, 0.1) is 0 Å². The Labute approximate surface area is 195 Å². The van der Waals surface area contributed by atoms with Crippen LogP contribution in [-0.2, 0) is 0 Å². The first-order chi connectivity index (χ1) is 14.2. The normalized spacial score (nSPS) is 10.8. The van der Waals surface area contributed by atoms with Crippen LogP contribution < -0.4 is 4.90 Å². The van der Waals surface area contributed by atoms with Crippen LogP contribution in [0.2, 0.25) is 15.1 Å². The predicted octanol–water partition coefficient (Wildman–Crippen LogP) is 5.75. The van der Waals surface area contributed by atoms with Crippen molar-refractivity contribution in [1.29, 1.82) is 0 Å². The van der Waals surface area contributed by atoms with Gasteiger partial charge >= 0.3 is 5.97 Å². The summed E-state index contributed by atoms with van der Waals surface area (Å²) in [5, 5.41) is 14.4. The first kappa shape index (κ1) is 22.6. The van der Waals surface area contributed by atoms with Crippen molar-refractivity contribution in [2.45, 2.75) is 13.3 Å². The van der Waals surface area contributed by atoms with Gasteiger partial charge in [0.05, 0.1) is 21.3 Å². The van der Waals surface area contributed by atoms with Crippen LogP contribution in [0.3, 0.4) is 0 Å². The fraction of sp³-hybridized carbons (Fsp3) is 0.158. The van der Waals surface area contributed by atoms with Crippen molar-refractivity contribution in [3.8, 4) is 5.82 Å². The third-order valence-electron chi connectivity index (χ3n) is 4.06. The third kappa shape index (κ3) is 4.46. The van der Waals surface area contributed by atoms with E-state index in [0.29, 0.717) is 16.0 Å². The van der Waals surface area contributed by atoms with Crippen molar-refractivity contribution in [1.82, 2.24) is 14.8 Å². The molecular weight excluding hydrogens is 518 g/mol. The lowest BCUT2D eigenvalue weighted by Gasteiger charge is -2.25. The number of carboxylic acid groups (broad SMARTS) is 1. The number of amides is 1. The molecule has 1 amide bonds. The van der Waals surface area contributed by atoms with Crippen molar-refractivity contribution in [3.63, 3.8) is 0 Å². The van der Waals surface area contributed by atoms with E-state index in [1.165, 1.54) is 34.0 Å². The van der Waals surface area contributed by atoms with Gasteiger partial charge in [-0.25, -0.2) is 14.5 Å². The standard InChI is InChI=1S/C19H14BrCl3N4O3/c1-2-6-26(16-11(19(29)30)7-10(21)8-13(16)23)18(28)14-9-15(20)25-27(14)17-12(22)4-3-5-24-17/h3-5,7-9H,2,6H2,1H3,(H,29,30). The summed E-state index contributed by atoms with van der Waals surface area (Å²) in [4.78, 5) is 30.9. The van der Waals surface area contributed by atoms with Gasteiger partial charge in [-0.1, -0.05) is 41.7 Å². The Hall–Kier alpha value is -2.13. The monoisotopic (exact) mass is 530 g/mol. The van der Waals surface area contributed by atoms with Crippen molar-refractivity contribution >= 4 is 68.3 Å². The number of halogens is 4. The molecule has 0 aliphatic rings. The molecule has 3 aromatic rings. The van der Waals surface area contributed by atoms with E-state index in [4.69, 9.17) is 34.8 Å². The molecule has 0 atom stereocenters. The molecule has 156 valence electrons. The van der Waals surface area contributed by atoms with Gasteiger partial charge in [0.1, 0.15) is 10.3 Å². The highest BCUT2D eigenvalue weighted by molar-refractivity contribution is 9.10. The van der Waals surface area contributed by atoms with Crippen molar-refractivity contribution in [2.24, 2.45) is 0 Å². The molecule has 0 radical (unpaired) electrons. The van der Waals surface area contributed by atoms with E-state index in [0.717, 1.165) is 0 Å². The first-order valence-corrected chi connectivity index (χ1v) is 10.6. The van der Waals surface area contributed by atoms with Crippen molar-refractivity contribution in [2.75, 3.05) is 11.4 Å². The lowest BCUT2D eigenvalue weighted by Crippen LogP contribution is -2.35. The molecule has 2 aromatic heterocycles. The van der Waals surface area contributed by atoms with Gasteiger partial charge in [0.25, 0.3) is 5.91 Å². The topological polar surface area (TPSA) is 88.3 Å². The molecule has 1 N–H and O–H groups in total. The second-order valence-electron chi connectivity index (χ2n) is 6.12. The Morgan fingerprint density at radius 2 is 1.93 bits per heavy atom. The van der Waals surface area contributed by atoms with Gasteiger partial charge in [0.15, 0.2) is 5.82 Å². The molecule has 7 nitrogen and oxygen atoms in total. The largest absolute Gasteiger partial charge is 0.478 e. The molecule has 0 unspecified atom stereocenters. The molecule has 0 spiro atoms. The minimum Gasteiger partial charge on any atom is -0.478 e. The molecule has 0 bridgehead atoms. The van der Waals surface area contributed by atoms with Gasteiger partial charge in [0.2, 0.25) is 0 Å². The van der Waals surface area contributed by atoms with E-state index >= 15 is 0 Å². The van der Waals surface area contributed by atoms with Crippen LogP contribution in [0.25, 0.3) is 5.82 Å². The van der Waals surface area contributed by atoms with Gasteiger partial charge in [0, 0.05) is 23.8 Å². The SMILES string of the molecule is CCCN(C(=O)c1cc(Br)nn1-c1ncccc1Cl)c1c(Cl)cc(Cl)cc1C(=O)O. The number of carboxylic acids is 1. The summed E-state index contributed by atoms with van der Waals surface area (Å²) in [5.41, 5.74) is -0.00927. The average molecular weight is 533 g/mol. The maximum atomic E-state index is 13.6. The zero-order valence-electron chi connectivity index (χ0n) is 15.4. The Bertz CT molecular complexity index is 1140. The first-order valence-electron chi connectivity index (χ1n) is 8.65. The fourth-order valence-electron chi connectivity index (χ4n) is 2.88. The lowest BCUT2D eigenvalue weighted by atomic mass is 10.1. The second-order valence-corrected chi connectivity index (χ2v) is 8.18. The Morgan fingerprint density at radius 1 is 1.20 bits per heavy atom. The number of aromatic carboxylic acids is 1. The van der Waals surface area contributed by atoms with Crippen LogP contribution >= 0.6 is 50.7 Å². The van der Waals surface area contributed by atoms with E-state index in [9.17, 15) is 14.7 Å². The molecular formula is C19H14BrCl3N4O3. The summed E-state index contributed by atoms with van der Waals surface area (Å²) in [5.74, 6) is -1.53. The van der Waals surface area contributed by atoms with E-state index in [1.54, 1.807) is 12.1 Å². The van der Waals surface area contributed by atoms with Crippen LogP contribution in [0.1, 0.15) is 34.2 Å². The number of carbonyl (C=O) groups excluding carboxylic acids is 1.